The van der Waals surface area contributed by atoms with E-state index < -0.39 is 0 Å². The molecule has 0 radical (unpaired) electrons. The van der Waals surface area contributed by atoms with Crippen LogP contribution in [-0.2, 0) is 9.59 Å². The summed E-state index contributed by atoms with van der Waals surface area (Å²) in [6.45, 7) is 7.89. The summed E-state index contributed by atoms with van der Waals surface area (Å²) >= 11 is 0. The third kappa shape index (κ3) is 3.27. The number of hydrogen-bond acceptors (Lipinski definition) is 4. The van der Waals surface area contributed by atoms with Crippen molar-refractivity contribution in [3.05, 3.63) is 0 Å². The van der Waals surface area contributed by atoms with Crippen molar-refractivity contribution in [2.24, 2.45) is 0 Å². The molecular weight excluding hydrogens is 280 g/mol. The predicted molar refractivity (Wildman–Crippen MR) is 84.5 cm³/mol. The first-order valence-corrected chi connectivity index (χ1v) is 8.72. The van der Waals surface area contributed by atoms with Gasteiger partial charge in [-0.25, -0.2) is 0 Å². The zero-order valence-electron chi connectivity index (χ0n) is 13.6. The molecule has 0 spiro atoms. The molecule has 2 unspecified atom stereocenters. The highest BCUT2D eigenvalue weighted by molar-refractivity contribution is 5.83. The summed E-state index contributed by atoms with van der Waals surface area (Å²) in [5, 5.41) is 3.28. The number of amides is 2. The van der Waals surface area contributed by atoms with Crippen molar-refractivity contribution in [3.63, 3.8) is 0 Å². The van der Waals surface area contributed by atoms with E-state index in [0.717, 1.165) is 71.5 Å². The zero-order chi connectivity index (χ0) is 15.5. The molecule has 0 aromatic heterocycles. The molecule has 3 fully saturated rings. The van der Waals surface area contributed by atoms with Crippen LogP contribution in [0.2, 0.25) is 0 Å². The van der Waals surface area contributed by atoms with Crippen molar-refractivity contribution in [2.75, 3.05) is 45.8 Å². The minimum absolute atomic E-state index is 0.0233. The number of nitrogens with zero attached hydrogens (tertiary/aromatic N) is 3. The highest BCUT2D eigenvalue weighted by Gasteiger charge is 2.33. The smallest absolute Gasteiger partial charge is 0.239 e. The van der Waals surface area contributed by atoms with Crippen molar-refractivity contribution >= 4 is 11.8 Å². The third-order valence-electron chi connectivity index (χ3n) is 5.31. The van der Waals surface area contributed by atoms with E-state index in [1.165, 1.54) is 0 Å². The maximum absolute atomic E-state index is 12.5. The van der Waals surface area contributed by atoms with E-state index in [1.54, 1.807) is 0 Å². The lowest BCUT2D eigenvalue weighted by Gasteiger charge is -2.39. The van der Waals surface area contributed by atoms with Crippen molar-refractivity contribution in [3.8, 4) is 0 Å². The second kappa shape index (κ2) is 6.96. The number of carbonyl (C=O) groups is 2. The normalized spacial score (nSPS) is 28.1. The molecule has 22 heavy (non-hydrogen) atoms. The fourth-order valence-electron chi connectivity index (χ4n) is 3.80. The van der Waals surface area contributed by atoms with Crippen molar-refractivity contribution in [1.29, 1.82) is 0 Å². The first-order valence-electron chi connectivity index (χ1n) is 8.72. The predicted octanol–water partition coefficient (Wildman–Crippen LogP) is -0.106. The van der Waals surface area contributed by atoms with Gasteiger partial charge in [0.05, 0.1) is 12.1 Å². The van der Waals surface area contributed by atoms with E-state index in [4.69, 9.17) is 0 Å². The summed E-state index contributed by atoms with van der Waals surface area (Å²) < 4.78 is 0. The number of carbonyl (C=O) groups excluding carboxylic acids is 2. The van der Waals surface area contributed by atoms with E-state index in [2.05, 4.69) is 10.2 Å². The SMILES string of the molecule is CC(C(=O)N1CCCC1)N1CCN(C(=O)C2CCCN2)CC1. The summed E-state index contributed by atoms with van der Waals surface area (Å²) in [6.07, 6.45) is 4.32. The van der Waals surface area contributed by atoms with Gasteiger partial charge >= 0.3 is 0 Å². The van der Waals surface area contributed by atoms with Crippen LogP contribution in [0.15, 0.2) is 0 Å². The standard InChI is InChI=1S/C16H28N4O2/c1-13(15(21)19-7-2-3-8-19)18-9-11-20(12-10-18)16(22)14-5-4-6-17-14/h13-14,17H,2-12H2,1H3. The van der Waals surface area contributed by atoms with Crippen molar-refractivity contribution in [2.45, 2.75) is 44.7 Å². The van der Waals surface area contributed by atoms with Gasteiger partial charge in [0.2, 0.25) is 11.8 Å². The quantitative estimate of drug-likeness (QED) is 0.791. The number of likely N-dealkylation sites (tertiary alicyclic amines) is 1. The molecule has 3 aliphatic heterocycles. The largest absolute Gasteiger partial charge is 0.341 e. The lowest BCUT2D eigenvalue weighted by molar-refractivity contribution is -0.138. The van der Waals surface area contributed by atoms with Crippen LogP contribution in [0.1, 0.15) is 32.6 Å². The van der Waals surface area contributed by atoms with E-state index in [0.29, 0.717) is 0 Å². The molecule has 3 aliphatic rings. The molecule has 0 saturated carbocycles. The van der Waals surface area contributed by atoms with Crippen molar-refractivity contribution < 1.29 is 9.59 Å². The molecule has 0 aliphatic carbocycles. The maximum Gasteiger partial charge on any atom is 0.239 e. The van der Waals surface area contributed by atoms with Crippen LogP contribution in [0, 0.1) is 0 Å². The van der Waals surface area contributed by atoms with Gasteiger partial charge in [-0.3, -0.25) is 14.5 Å². The molecule has 3 rings (SSSR count). The lowest BCUT2D eigenvalue weighted by atomic mass is 10.1. The molecule has 0 aromatic rings. The van der Waals surface area contributed by atoms with E-state index in [1.807, 2.05) is 16.7 Å². The van der Waals surface area contributed by atoms with E-state index in [9.17, 15) is 9.59 Å². The van der Waals surface area contributed by atoms with Crippen LogP contribution in [0.25, 0.3) is 0 Å². The topological polar surface area (TPSA) is 55.9 Å². The fourth-order valence-corrected chi connectivity index (χ4v) is 3.80. The number of nitrogens with one attached hydrogen (secondary N) is 1. The van der Waals surface area contributed by atoms with Gasteiger partial charge in [-0.05, 0) is 39.2 Å². The van der Waals surface area contributed by atoms with Gasteiger partial charge < -0.3 is 15.1 Å². The van der Waals surface area contributed by atoms with Gasteiger partial charge in [0, 0.05) is 39.3 Å². The average Bonchev–Trinajstić information content (AvgIpc) is 3.26. The first-order chi connectivity index (χ1) is 10.7. The van der Waals surface area contributed by atoms with Crippen LogP contribution in [0.4, 0.5) is 0 Å². The number of hydrogen-bond donors (Lipinski definition) is 1. The summed E-state index contributed by atoms with van der Waals surface area (Å²) in [5.41, 5.74) is 0. The summed E-state index contributed by atoms with van der Waals surface area (Å²) in [5.74, 6) is 0.505. The molecule has 6 heteroatoms. The Labute approximate surface area is 132 Å². The monoisotopic (exact) mass is 308 g/mol. The van der Waals surface area contributed by atoms with Crippen LogP contribution in [-0.4, -0.2) is 84.4 Å². The van der Waals surface area contributed by atoms with Gasteiger partial charge in [0.1, 0.15) is 0 Å². The Hall–Kier alpha value is -1.14. The Kier molecular flexibility index (Phi) is 4.98. The average molecular weight is 308 g/mol. The summed E-state index contributed by atoms with van der Waals surface area (Å²) in [7, 11) is 0. The molecule has 6 nitrogen and oxygen atoms in total. The molecule has 3 saturated heterocycles. The fraction of sp³-hybridized carbons (Fsp3) is 0.875. The number of rotatable bonds is 3. The Morgan fingerprint density at radius 1 is 0.955 bits per heavy atom. The number of piperazine rings is 1. The second-order valence-corrected chi connectivity index (χ2v) is 6.72. The van der Waals surface area contributed by atoms with Gasteiger partial charge in [0.15, 0.2) is 0 Å². The second-order valence-electron chi connectivity index (χ2n) is 6.72. The first kappa shape index (κ1) is 15.7. The summed E-state index contributed by atoms with van der Waals surface area (Å²) in [6, 6.07) is -0.0323. The highest BCUT2D eigenvalue weighted by Crippen LogP contribution is 2.15. The molecular formula is C16H28N4O2. The molecule has 0 aromatic carbocycles. The van der Waals surface area contributed by atoms with Crippen LogP contribution >= 0.6 is 0 Å². The molecule has 2 atom stereocenters. The zero-order valence-corrected chi connectivity index (χ0v) is 13.6. The van der Waals surface area contributed by atoms with E-state index >= 15 is 0 Å². The minimum Gasteiger partial charge on any atom is -0.341 e. The van der Waals surface area contributed by atoms with Gasteiger partial charge in [-0.2, -0.15) is 0 Å². The molecule has 124 valence electrons. The lowest BCUT2D eigenvalue weighted by Crippen LogP contribution is -2.57. The Morgan fingerprint density at radius 2 is 1.64 bits per heavy atom. The van der Waals surface area contributed by atoms with Gasteiger partial charge in [-0.15, -0.1) is 0 Å². The van der Waals surface area contributed by atoms with Gasteiger partial charge in [0.25, 0.3) is 0 Å². The Morgan fingerprint density at radius 3 is 2.23 bits per heavy atom. The van der Waals surface area contributed by atoms with E-state index in [-0.39, 0.29) is 23.9 Å². The van der Waals surface area contributed by atoms with Crippen LogP contribution in [0.5, 0.6) is 0 Å². The molecule has 0 bridgehead atoms. The molecule has 3 heterocycles. The maximum atomic E-state index is 12.5. The van der Waals surface area contributed by atoms with Crippen LogP contribution in [0.3, 0.4) is 0 Å². The van der Waals surface area contributed by atoms with Crippen LogP contribution < -0.4 is 5.32 Å². The van der Waals surface area contributed by atoms with Crippen molar-refractivity contribution in [1.82, 2.24) is 20.0 Å². The molecule has 2 amide bonds. The molecule has 1 N–H and O–H groups in total. The third-order valence-corrected chi connectivity index (χ3v) is 5.31. The highest BCUT2D eigenvalue weighted by atomic mass is 16.2. The minimum atomic E-state index is -0.0556. The van der Waals surface area contributed by atoms with Gasteiger partial charge in [-0.1, -0.05) is 0 Å². The Bertz CT molecular complexity index is 408. The Balaban J connectivity index is 1.48. The summed E-state index contributed by atoms with van der Waals surface area (Å²) in [4.78, 5) is 31.0.